The molecular formula is C25H30N+. The molecule has 3 aromatic rings. The summed E-state index contributed by atoms with van der Waals surface area (Å²) in [4.78, 5) is 0. The molecule has 26 heavy (non-hydrogen) atoms. The average molecular weight is 351 g/mol. The molecule has 0 radical (unpaired) electrons. The van der Waals surface area contributed by atoms with Crippen molar-refractivity contribution in [2.75, 3.05) is 0 Å². The minimum Gasteiger partial charge on any atom is -0.200 e. The van der Waals surface area contributed by atoms with Gasteiger partial charge in [0.05, 0.1) is 10.9 Å². The molecule has 0 saturated heterocycles. The first-order chi connectivity index (χ1) is 14.9. The van der Waals surface area contributed by atoms with Gasteiger partial charge in [-0.1, -0.05) is 38.0 Å². The van der Waals surface area contributed by atoms with E-state index in [1.807, 2.05) is 20.0 Å². The second-order valence-corrected chi connectivity index (χ2v) is 7.46. The Labute approximate surface area is 166 Å². The van der Waals surface area contributed by atoms with Crippen LogP contribution in [0.2, 0.25) is 0 Å². The summed E-state index contributed by atoms with van der Waals surface area (Å²) in [6.07, 6.45) is 3.54. The van der Waals surface area contributed by atoms with E-state index >= 15 is 0 Å². The zero-order valence-corrected chi connectivity index (χ0v) is 15.8. The quantitative estimate of drug-likeness (QED) is 0.497. The number of rotatable bonds is 3. The summed E-state index contributed by atoms with van der Waals surface area (Å²) >= 11 is 0. The monoisotopic (exact) mass is 350 g/mol. The van der Waals surface area contributed by atoms with Crippen LogP contribution in [0.5, 0.6) is 0 Å². The van der Waals surface area contributed by atoms with Crippen molar-refractivity contribution in [1.29, 1.82) is 0 Å². The van der Waals surface area contributed by atoms with E-state index < -0.39 is 13.2 Å². The highest BCUT2D eigenvalue weighted by Gasteiger charge is 2.21. The third-order valence-electron chi connectivity index (χ3n) is 5.84. The second-order valence-electron chi connectivity index (χ2n) is 7.46. The highest BCUT2D eigenvalue weighted by atomic mass is 14.9. The fourth-order valence-corrected chi connectivity index (χ4v) is 4.39. The maximum Gasteiger partial charge on any atom is 0.220 e. The maximum absolute atomic E-state index is 8.57. The van der Waals surface area contributed by atoms with Crippen LogP contribution < -0.4 is 4.57 Å². The lowest BCUT2D eigenvalue weighted by atomic mass is 9.91. The molecule has 0 aliphatic heterocycles. The van der Waals surface area contributed by atoms with Crippen molar-refractivity contribution in [3.63, 3.8) is 0 Å². The van der Waals surface area contributed by atoms with E-state index in [0.29, 0.717) is 28.8 Å². The summed E-state index contributed by atoms with van der Waals surface area (Å²) in [5, 5.41) is 1.91. The average Bonchev–Trinajstić information content (AvgIpc) is 3.22. The van der Waals surface area contributed by atoms with Gasteiger partial charge in [0, 0.05) is 12.9 Å². The van der Waals surface area contributed by atoms with Crippen LogP contribution in [0.1, 0.15) is 69.0 Å². The molecule has 0 unspecified atom stereocenters. The van der Waals surface area contributed by atoms with Crippen LogP contribution >= 0.6 is 0 Å². The number of nitrogens with zero attached hydrogens (tertiary/aromatic N) is 1. The summed E-state index contributed by atoms with van der Waals surface area (Å²) in [5.74, 6) is 0.561. The van der Waals surface area contributed by atoms with Gasteiger partial charge in [0.15, 0.2) is 6.17 Å². The van der Waals surface area contributed by atoms with Gasteiger partial charge >= 0.3 is 0 Å². The third-order valence-corrected chi connectivity index (χ3v) is 5.84. The Balaban J connectivity index is 2.03. The van der Waals surface area contributed by atoms with E-state index in [1.165, 1.54) is 44.2 Å². The predicted octanol–water partition coefficient (Wildman–Crippen LogP) is 6.17. The molecule has 1 heteroatoms. The fourth-order valence-electron chi connectivity index (χ4n) is 4.39. The van der Waals surface area contributed by atoms with Crippen molar-refractivity contribution in [1.82, 2.24) is 0 Å². The van der Waals surface area contributed by atoms with Crippen LogP contribution in [0.3, 0.4) is 0 Å². The van der Waals surface area contributed by atoms with E-state index in [4.69, 9.17) is 8.22 Å². The Hall–Kier alpha value is -2.15. The first kappa shape index (κ1) is 11.5. The summed E-state index contributed by atoms with van der Waals surface area (Å²) < 4.78 is 50.8. The molecule has 1 fully saturated rings. The lowest BCUT2D eigenvalue weighted by Gasteiger charge is -2.14. The Bertz CT molecular complexity index is 1180. The molecule has 0 N–H and O–H groups in total. The van der Waals surface area contributed by atoms with Crippen LogP contribution in [0.25, 0.3) is 22.0 Å². The molecular weight excluding hydrogens is 314 g/mol. The van der Waals surface area contributed by atoms with E-state index in [0.717, 1.165) is 16.5 Å². The van der Waals surface area contributed by atoms with Gasteiger partial charge < -0.3 is 0 Å². The van der Waals surface area contributed by atoms with Gasteiger partial charge in [0.25, 0.3) is 0 Å². The molecule has 1 aliphatic rings. The van der Waals surface area contributed by atoms with Crippen molar-refractivity contribution in [2.45, 2.75) is 58.7 Å². The van der Waals surface area contributed by atoms with E-state index in [-0.39, 0.29) is 5.56 Å². The molecule has 1 heterocycles. The normalized spacial score (nSPS) is 19.5. The molecule has 2 aromatic carbocycles. The lowest BCUT2D eigenvalue weighted by molar-refractivity contribution is -0.659. The van der Waals surface area contributed by atoms with Crippen LogP contribution in [0, 0.1) is 13.8 Å². The number of aromatic nitrogens is 1. The zero-order valence-electron chi connectivity index (χ0n) is 21.8. The summed E-state index contributed by atoms with van der Waals surface area (Å²) in [6, 6.07) is 11.4. The van der Waals surface area contributed by atoms with Gasteiger partial charge in [0.2, 0.25) is 5.69 Å². The van der Waals surface area contributed by atoms with Crippen LogP contribution in [0.4, 0.5) is 0 Å². The summed E-state index contributed by atoms with van der Waals surface area (Å²) in [6.45, 7) is 0.936. The summed E-state index contributed by atoms with van der Waals surface area (Å²) in [5.41, 5.74) is 3.90. The number of hydrogen-bond acceptors (Lipinski definition) is 0. The Morgan fingerprint density at radius 1 is 1.19 bits per heavy atom. The van der Waals surface area contributed by atoms with Crippen molar-refractivity contribution < 1.29 is 12.8 Å². The van der Waals surface area contributed by atoms with E-state index in [2.05, 4.69) is 18.2 Å². The van der Waals surface area contributed by atoms with Crippen molar-refractivity contribution >= 4 is 10.8 Å². The Morgan fingerprint density at radius 3 is 2.73 bits per heavy atom. The Kier molecular flexibility index (Phi) is 3.05. The molecule has 1 nitrogen and oxygen atoms in total. The minimum absolute atomic E-state index is 0.116. The molecule has 0 amide bonds. The van der Waals surface area contributed by atoms with Crippen molar-refractivity contribution in [2.24, 2.45) is 7.05 Å². The topological polar surface area (TPSA) is 3.88 Å². The third kappa shape index (κ3) is 2.94. The number of aryl methyl sites for hydroxylation is 2. The van der Waals surface area contributed by atoms with Crippen molar-refractivity contribution in [3.8, 4) is 11.3 Å². The van der Waals surface area contributed by atoms with Gasteiger partial charge in [0.1, 0.15) is 8.42 Å². The first-order valence-electron chi connectivity index (χ1n) is 12.5. The number of benzene rings is 2. The van der Waals surface area contributed by atoms with Gasteiger partial charge in [-0.05, 0) is 78.7 Å². The van der Waals surface area contributed by atoms with Gasteiger partial charge in [-0.3, -0.25) is 0 Å². The highest BCUT2D eigenvalue weighted by Crippen LogP contribution is 2.37. The maximum atomic E-state index is 8.57. The Morgan fingerprint density at radius 2 is 2.00 bits per heavy atom. The van der Waals surface area contributed by atoms with Crippen LogP contribution in [-0.2, 0) is 13.4 Å². The van der Waals surface area contributed by atoms with E-state index in [9.17, 15) is 0 Å². The van der Waals surface area contributed by atoms with Gasteiger partial charge in [-0.25, -0.2) is 4.57 Å². The molecule has 1 saturated carbocycles. The predicted molar refractivity (Wildman–Crippen MR) is 111 cm³/mol. The molecule has 4 rings (SSSR count). The highest BCUT2D eigenvalue weighted by molar-refractivity contribution is 5.94. The fraction of sp³-hybridized carbons (Fsp3) is 0.400. The summed E-state index contributed by atoms with van der Waals surface area (Å²) in [7, 11) is 1.81. The van der Waals surface area contributed by atoms with Gasteiger partial charge in [-0.15, -0.1) is 0 Å². The number of fused-ring (bicyclic) bond motifs is 1. The molecule has 0 bridgehead atoms. The molecule has 0 atom stereocenters. The molecule has 1 aliphatic carbocycles. The SMILES string of the molecule is [2H]c1cc2cc(C3CCCC3)ccc2c(-c2cc(C([2H])([2H])[2H])cc(C([2H])([2H])C)c2C)[n+]1C. The second kappa shape index (κ2) is 6.87. The standard InChI is InChI=1S/C25H30N/c1-5-19-14-17(2)15-24(18(19)3)25-23-11-10-21(20-8-6-7-9-20)16-22(23)12-13-26(25)4/h10-16,20H,5-9H2,1-4H3/q+1/i2D3,5D2,13D. The zero-order chi connectivity index (χ0) is 23.4. The first-order valence-corrected chi connectivity index (χ1v) is 9.47. The largest absolute Gasteiger partial charge is 0.220 e. The van der Waals surface area contributed by atoms with Crippen LogP contribution in [0.15, 0.2) is 42.6 Å². The number of hydrogen-bond donors (Lipinski definition) is 0. The van der Waals surface area contributed by atoms with Crippen LogP contribution in [-0.4, -0.2) is 0 Å². The molecule has 0 spiro atoms. The minimum atomic E-state index is -2.36. The van der Waals surface area contributed by atoms with Crippen molar-refractivity contribution in [3.05, 3.63) is 64.8 Å². The smallest absolute Gasteiger partial charge is 0.200 e. The molecule has 134 valence electrons. The molecule has 1 aromatic heterocycles. The number of pyridine rings is 1. The lowest BCUT2D eigenvalue weighted by Crippen LogP contribution is -2.31. The van der Waals surface area contributed by atoms with Gasteiger partial charge in [-0.2, -0.15) is 0 Å². The van der Waals surface area contributed by atoms with E-state index in [1.54, 1.807) is 10.6 Å².